The number of nitrogens with one attached hydrogen (secondary N) is 3. The normalized spacial score (nSPS) is 29.2. The van der Waals surface area contributed by atoms with Crippen LogP contribution in [-0.2, 0) is 4.79 Å². The molecule has 10 heteroatoms. The van der Waals surface area contributed by atoms with Crippen molar-refractivity contribution in [2.24, 2.45) is 5.92 Å². The molecule has 0 spiro atoms. The summed E-state index contributed by atoms with van der Waals surface area (Å²) >= 11 is 0. The maximum atomic E-state index is 14.1. The molecule has 2 aliphatic heterocycles. The van der Waals surface area contributed by atoms with Gasteiger partial charge in [-0.05, 0) is 32.1 Å². The van der Waals surface area contributed by atoms with Crippen LogP contribution in [0, 0.1) is 11.7 Å². The Morgan fingerprint density at radius 2 is 2.04 bits per heavy atom. The molecule has 3 rings (SSSR count). The minimum absolute atomic E-state index is 0.203. The number of fused-ring (bicyclic) bond motifs is 1. The number of hydrazine groups is 1. The molecule has 7 nitrogen and oxygen atoms in total. The predicted molar refractivity (Wildman–Crippen MR) is 96.3 cm³/mol. The number of aliphatic hydroxyl groups is 1. The van der Waals surface area contributed by atoms with Gasteiger partial charge in [-0.2, -0.15) is 0 Å². The number of benzene rings is 1. The summed E-state index contributed by atoms with van der Waals surface area (Å²) in [5.41, 5.74) is 3.03. The molecule has 2 aliphatic rings. The van der Waals surface area contributed by atoms with Crippen molar-refractivity contribution in [3.63, 3.8) is 0 Å². The lowest BCUT2D eigenvalue weighted by Gasteiger charge is -2.41. The Morgan fingerprint density at radius 3 is 2.57 bits per heavy atom. The Bertz CT molecular complexity index is 720. The maximum absolute atomic E-state index is 14.1. The first-order valence-electron chi connectivity index (χ1n) is 9.24. The largest absolute Gasteiger partial charge is 0.395 e. The summed E-state index contributed by atoms with van der Waals surface area (Å²) in [6.45, 7) is 1.63. The van der Waals surface area contributed by atoms with Gasteiger partial charge in [-0.1, -0.05) is 19.1 Å². The first kappa shape index (κ1) is 21.0. The molecule has 156 valence electrons. The van der Waals surface area contributed by atoms with E-state index in [1.54, 1.807) is 9.91 Å². The Kier molecular flexibility index (Phi) is 6.25. The number of amides is 1. The van der Waals surface area contributed by atoms with Crippen LogP contribution in [0.2, 0.25) is 0 Å². The van der Waals surface area contributed by atoms with Crippen LogP contribution in [0.25, 0.3) is 0 Å². The first-order chi connectivity index (χ1) is 13.3. The average Bonchev–Trinajstić information content (AvgIpc) is 3.01. The van der Waals surface area contributed by atoms with E-state index in [0.29, 0.717) is 12.0 Å². The average molecular weight is 401 g/mol. The molecule has 28 heavy (non-hydrogen) atoms. The summed E-state index contributed by atoms with van der Waals surface area (Å²) in [6.07, 6.45) is -3.21. The van der Waals surface area contributed by atoms with Crippen LogP contribution in [0.3, 0.4) is 0 Å². The molecule has 2 saturated heterocycles. The highest BCUT2D eigenvalue weighted by Gasteiger charge is 2.51. The van der Waals surface area contributed by atoms with Gasteiger partial charge in [0, 0.05) is 0 Å². The third kappa shape index (κ3) is 3.74. The molecule has 2 heterocycles. The van der Waals surface area contributed by atoms with Gasteiger partial charge in [0.1, 0.15) is 12.1 Å². The van der Waals surface area contributed by atoms with E-state index in [1.807, 2.05) is 21.0 Å². The van der Waals surface area contributed by atoms with Gasteiger partial charge in [0.05, 0.1) is 36.3 Å². The molecule has 0 aromatic heterocycles. The number of alkyl halides is 2. The van der Waals surface area contributed by atoms with Crippen molar-refractivity contribution in [1.29, 1.82) is 0 Å². The van der Waals surface area contributed by atoms with Gasteiger partial charge >= 0.3 is 0 Å². The van der Waals surface area contributed by atoms with Gasteiger partial charge in [-0.25, -0.2) is 23.6 Å². The van der Waals surface area contributed by atoms with Gasteiger partial charge in [0.25, 0.3) is 6.43 Å². The van der Waals surface area contributed by atoms with Crippen molar-refractivity contribution in [1.82, 2.24) is 26.0 Å². The van der Waals surface area contributed by atoms with Crippen molar-refractivity contribution >= 4 is 5.91 Å². The monoisotopic (exact) mass is 401 g/mol. The fraction of sp³-hybridized carbons (Fsp3) is 0.611. The molecule has 0 saturated carbocycles. The molecule has 4 unspecified atom stereocenters. The van der Waals surface area contributed by atoms with Crippen molar-refractivity contribution in [2.75, 3.05) is 20.7 Å². The summed E-state index contributed by atoms with van der Waals surface area (Å²) in [5.74, 6) is -1.72. The lowest BCUT2D eigenvalue weighted by atomic mass is 9.95. The van der Waals surface area contributed by atoms with Crippen LogP contribution in [-0.4, -0.2) is 60.1 Å². The van der Waals surface area contributed by atoms with Crippen LogP contribution in [0.4, 0.5) is 13.2 Å². The zero-order chi connectivity index (χ0) is 20.6. The van der Waals surface area contributed by atoms with E-state index < -0.39 is 42.2 Å². The lowest BCUT2D eigenvalue weighted by Crippen LogP contribution is -2.68. The van der Waals surface area contributed by atoms with Crippen LogP contribution in [0.1, 0.15) is 36.9 Å². The minimum atomic E-state index is -2.88. The highest BCUT2D eigenvalue weighted by atomic mass is 19.3. The van der Waals surface area contributed by atoms with Gasteiger partial charge < -0.3 is 10.4 Å². The van der Waals surface area contributed by atoms with Crippen molar-refractivity contribution < 1.29 is 23.1 Å². The molecule has 0 aliphatic carbocycles. The van der Waals surface area contributed by atoms with E-state index in [9.17, 15) is 23.1 Å². The molecule has 2 fully saturated rings. The SMILES string of the molecule is CC[C@@H](c1ccc(C(F)F)c(F)c1)N1NC(CO)C2C(=O)NC(N(C)C)NC21. The summed E-state index contributed by atoms with van der Waals surface area (Å²) in [7, 11) is 3.62. The molecule has 1 aromatic rings. The third-order valence-corrected chi connectivity index (χ3v) is 5.38. The first-order valence-corrected chi connectivity index (χ1v) is 9.24. The van der Waals surface area contributed by atoms with Gasteiger partial charge in [-0.3, -0.25) is 15.0 Å². The van der Waals surface area contributed by atoms with Gasteiger partial charge in [0.15, 0.2) is 0 Å². The highest BCUT2D eigenvalue weighted by molar-refractivity contribution is 5.81. The van der Waals surface area contributed by atoms with E-state index in [4.69, 9.17) is 0 Å². The lowest BCUT2D eigenvalue weighted by molar-refractivity contribution is -0.133. The number of carbonyl (C=O) groups is 1. The summed E-state index contributed by atoms with van der Waals surface area (Å²) in [4.78, 5) is 14.4. The molecule has 1 amide bonds. The zero-order valence-electron chi connectivity index (χ0n) is 16.0. The second-order valence-electron chi connectivity index (χ2n) is 7.34. The Labute approximate surface area is 161 Å². The molecular formula is C18H26F3N5O2. The molecule has 0 radical (unpaired) electrons. The molecule has 1 aromatic carbocycles. The van der Waals surface area contributed by atoms with E-state index in [-0.39, 0.29) is 18.6 Å². The molecule has 0 bridgehead atoms. The smallest absolute Gasteiger partial charge is 0.266 e. The van der Waals surface area contributed by atoms with Gasteiger partial charge in [0.2, 0.25) is 5.91 Å². The number of carbonyl (C=O) groups excluding carboxylic acids is 1. The van der Waals surface area contributed by atoms with E-state index in [1.165, 1.54) is 6.07 Å². The fourth-order valence-corrected chi connectivity index (χ4v) is 3.93. The summed E-state index contributed by atoms with van der Waals surface area (Å²) in [5, 5.41) is 17.7. The topological polar surface area (TPSA) is 79.9 Å². The summed E-state index contributed by atoms with van der Waals surface area (Å²) < 4.78 is 39.9. The molecular weight excluding hydrogens is 375 g/mol. The van der Waals surface area contributed by atoms with Crippen LogP contribution < -0.4 is 16.1 Å². The van der Waals surface area contributed by atoms with Crippen LogP contribution in [0.15, 0.2) is 18.2 Å². The number of hydrogen-bond donors (Lipinski definition) is 4. The minimum Gasteiger partial charge on any atom is -0.395 e. The summed E-state index contributed by atoms with van der Waals surface area (Å²) in [6, 6.07) is 2.80. The fourth-order valence-electron chi connectivity index (χ4n) is 3.93. The standard InChI is InChI=1S/C18H26F3N5O2/c1-4-13(9-5-6-10(15(20)21)11(19)7-9)26-16-14(12(8-27)24-26)17(28)23-18(22-16)25(2)3/h5-7,12-16,18,22,24,27H,4,8H2,1-3H3,(H,23,28)/t12?,13-,14?,16?,18?/m0/s1. The van der Waals surface area contributed by atoms with E-state index >= 15 is 0 Å². The zero-order valence-corrected chi connectivity index (χ0v) is 16.0. The number of aliphatic hydroxyl groups excluding tert-OH is 1. The van der Waals surface area contributed by atoms with E-state index in [0.717, 1.165) is 12.1 Å². The van der Waals surface area contributed by atoms with Crippen molar-refractivity contribution in [3.05, 3.63) is 35.1 Å². The predicted octanol–water partition coefficient (Wildman–Crippen LogP) is 0.902. The van der Waals surface area contributed by atoms with E-state index in [2.05, 4.69) is 16.1 Å². The Hall–Kier alpha value is -1.72. The number of rotatable bonds is 6. The number of nitrogens with zero attached hydrogens (tertiary/aromatic N) is 2. The quantitative estimate of drug-likeness (QED) is 0.567. The third-order valence-electron chi connectivity index (χ3n) is 5.38. The van der Waals surface area contributed by atoms with Crippen molar-refractivity contribution in [2.45, 2.75) is 44.3 Å². The Balaban J connectivity index is 1.93. The Morgan fingerprint density at radius 1 is 1.32 bits per heavy atom. The van der Waals surface area contributed by atoms with Crippen LogP contribution >= 0.6 is 0 Å². The highest BCUT2D eigenvalue weighted by Crippen LogP contribution is 2.35. The molecule has 4 N–H and O–H groups in total. The number of halogens is 3. The van der Waals surface area contributed by atoms with Crippen LogP contribution in [0.5, 0.6) is 0 Å². The van der Waals surface area contributed by atoms with Gasteiger partial charge in [-0.15, -0.1) is 0 Å². The molecule has 5 atom stereocenters. The maximum Gasteiger partial charge on any atom is 0.266 e. The van der Waals surface area contributed by atoms with Crippen molar-refractivity contribution in [3.8, 4) is 0 Å². The second kappa shape index (κ2) is 8.34. The number of hydrogen-bond acceptors (Lipinski definition) is 6. The second-order valence-corrected chi connectivity index (χ2v) is 7.34.